The Balaban J connectivity index is 1.66. The van der Waals surface area contributed by atoms with Crippen molar-refractivity contribution >= 4 is 34.0 Å². The van der Waals surface area contributed by atoms with Gasteiger partial charge in [0.1, 0.15) is 17.9 Å². The number of rotatable bonds is 6. The van der Waals surface area contributed by atoms with Gasteiger partial charge in [-0.15, -0.1) is 10.2 Å². The maximum atomic E-state index is 13.4. The molecule has 0 aliphatic rings. The number of methoxy groups -OCH3 is 1. The van der Waals surface area contributed by atoms with Gasteiger partial charge in [0.25, 0.3) is 0 Å². The molecular weight excluding hydrogens is 395 g/mol. The van der Waals surface area contributed by atoms with Crippen molar-refractivity contribution in [1.29, 1.82) is 0 Å². The minimum Gasteiger partial charge on any atom is -0.493 e. The van der Waals surface area contributed by atoms with Crippen LogP contribution < -0.4 is 14.8 Å². The van der Waals surface area contributed by atoms with E-state index in [9.17, 15) is 4.39 Å². The third-order valence-electron chi connectivity index (χ3n) is 4.25. The lowest BCUT2D eigenvalue weighted by Gasteiger charge is -2.13. The minimum atomic E-state index is -0.496. The molecule has 0 spiro atoms. The van der Waals surface area contributed by atoms with Crippen molar-refractivity contribution in [3.05, 3.63) is 77.1 Å². The van der Waals surface area contributed by atoms with Crippen LogP contribution >= 0.6 is 11.6 Å². The highest BCUT2D eigenvalue weighted by atomic mass is 35.5. The van der Waals surface area contributed by atoms with E-state index < -0.39 is 5.82 Å². The molecule has 0 aliphatic carbocycles. The predicted molar refractivity (Wildman–Crippen MR) is 109 cm³/mol. The standard InChI is InChI=1S/C21H16ClFN4O2/c1-28-19-10-15-18(11-20(19)29-12-13-5-3-2-4-6-13)25-27-26-21(15)24-14-7-8-17(23)16(22)9-14/h2-11H,12H2,1H3,(H,24,25,26). The first kappa shape index (κ1) is 18.9. The van der Waals surface area contributed by atoms with Crippen LogP contribution in [0.1, 0.15) is 5.56 Å². The van der Waals surface area contributed by atoms with Crippen molar-refractivity contribution in [2.75, 3.05) is 12.4 Å². The van der Waals surface area contributed by atoms with E-state index in [4.69, 9.17) is 21.1 Å². The summed E-state index contributed by atoms with van der Waals surface area (Å²) in [5, 5.41) is 15.7. The lowest BCUT2D eigenvalue weighted by Crippen LogP contribution is -2.02. The number of hydrogen-bond acceptors (Lipinski definition) is 6. The molecule has 0 saturated carbocycles. The number of hydrogen-bond donors (Lipinski definition) is 1. The van der Waals surface area contributed by atoms with Crippen LogP contribution in [0.4, 0.5) is 15.9 Å². The van der Waals surface area contributed by atoms with Gasteiger partial charge in [-0.1, -0.05) is 41.9 Å². The SMILES string of the molecule is COc1cc2c(Nc3ccc(F)c(Cl)c3)nnnc2cc1OCc1ccccc1. The van der Waals surface area contributed by atoms with E-state index in [1.54, 1.807) is 25.3 Å². The van der Waals surface area contributed by atoms with Crippen LogP contribution in [0.15, 0.2) is 60.7 Å². The molecule has 0 atom stereocenters. The molecule has 1 aromatic heterocycles. The van der Waals surface area contributed by atoms with E-state index >= 15 is 0 Å². The summed E-state index contributed by atoms with van der Waals surface area (Å²) in [4.78, 5) is 0. The van der Waals surface area contributed by atoms with Crippen molar-refractivity contribution in [2.24, 2.45) is 0 Å². The summed E-state index contributed by atoms with van der Waals surface area (Å²) < 4.78 is 24.8. The van der Waals surface area contributed by atoms with Crippen molar-refractivity contribution in [3.8, 4) is 11.5 Å². The first-order valence-corrected chi connectivity index (χ1v) is 9.12. The molecule has 29 heavy (non-hydrogen) atoms. The second-order valence-electron chi connectivity index (χ2n) is 6.19. The molecule has 4 rings (SSSR count). The molecule has 146 valence electrons. The molecule has 0 saturated heterocycles. The number of nitrogens with one attached hydrogen (secondary N) is 1. The van der Waals surface area contributed by atoms with E-state index in [0.29, 0.717) is 40.5 Å². The Labute approximate surface area is 171 Å². The average Bonchev–Trinajstić information content (AvgIpc) is 2.75. The van der Waals surface area contributed by atoms with E-state index in [2.05, 4.69) is 20.7 Å². The number of halogens is 2. The number of ether oxygens (including phenoxy) is 2. The summed E-state index contributed by atoms with van der Waals surface area (Å²) in [7, 11) is 1.56. The van der Waals surface area contributed by atoms with E-state index in [1.165, 1.54) is 12.1 Å². The third kappa shape index (κ3) is 4.20. The average molecular weight is 411 g/mol. The van der Waals surface area contributed by atoms with Gasteiger partial charge in [0.15, 0.2) is 17.3 Å². The largest absolute Gasteiger partial charge is 0.493 e. The molecule has 0 radical (unpaired) electrons. The Bertz CT molecular complexity index is 1160. The Morgan fingerprint density at radius 2 is 1.83 bits per heavy atom. The molecule has 6 nitrogen and oxygen atoms in total. The molecule has 1 N–H and O–H groups in total. The highest BCUT2D eigenvalue weighted by Gasteiger charge is 2.13. The van der Waals surface area contributed by atoms with Crippen LogP contribution in [0.2, 0.25) is 5.02 Å². The van der Waals surface area contributed by atoms with E-state index in [-0.39, 0.29) is 5.02 Å². The van der Waals surface area contributed by atoms with Gasteiger partial charge < -0.3 is 14.8 Å². The molecular formula is C21H16ClFN4O2. The Morgan fingerprint density at radius 1 is 1.00 bits per heavy atom. The van der Waals surface area contributed by atoms with Gasteiger partial charge in [0.2, 0.25) is 0 Å². The summed E-state index contributed by atoms with van der Waals surface area (Å²) in [6.45, 7) is 0.389. The topological polar surface area (TPSA) is 69.2 Å². The first-order valence-electron chi connectivity index (χ1n) is 8.74. The monoisotopic (exact) mass is 410 g/mol. The lowest BCUT2D eigenvalue weighted by atomic mass is 10.2. The Morgan fingerprint density at radius 3 is 2.59 bits per heavy atom. The van der Waals surface area contributed by atoms with Crippen molar-refractivity contribution in [1.82, 2.24) is 15.4 Å². The highest BCUT2D eigenvalue weighted by Crippen LogP contribution is 2.35. The molecule has 4 aromatic rings. The molecule has 0 aliphatic heterocycles. The van der Waals surface area contributed by atoms with Gasteiger partial charge in [-0.25, -0.2) is 4.39 Å². The second-order valence-corrected chi connectivity index (χ2v) is 6.59. The zero-order valence-corrected chi connectivity index (χ0v) is 16.2. The number of fused-ring (bicyclic) bond motifs is 1. The molecule has 3 aromatic carbocycles. The summed E-state index contributed by atoms with van der Waals surface area (Å²) in [5.41, 5.74) is 2.17. The quantitative estimate of drug-likeness (QED) is 0.474. The Kier molecular flexibility index (Phi) is 5.39. The highest BCUT2D eigenvalue weighted by molar-refractivity contribution is 6.31. The normalized spacial score (nSPS) is 10.7. The van der Waals surface area contributed by atoms with Crippen molar-refractivity contribution in [3.63, 3.8) is 0 Å². The smallest absolute Gasteiger partial charge is 0.164 e. The fraction of sp³-hybridized carbons (Fsp3) is 0.0952. The zero-order valence-electron chi connectivity index (χ0n) is 15.4. The number of anilines is 2. The Hall–Kier alpha value is -3.45. The summed E-state index contributed by atoms with van der Waals surface area (Å²) >= 11 is 5.85. The third-order valence-corrected chi connectivity index (χ3v) is 4.54. The van der Waals surface area contributed by atoms with Crippen LogP contribution in [0.5, 0.6) is 11.5 Å². The summed E-state index contributed by atoms with van der Waals surface area (Å²) in [6, 6.07) is 17.6. The van der Waals surface area contributed by atoms with Crippen LogP contribution in [-0.2, 0) is 6.61 Å². The maximum absolute atomic E-state index is 13.4. The van der Waals surface area contributed by atoms with Crippen LogP contribution in [0.25, 0.3) is 10.9 Å². The van der Waals surface area contributed by atoms with Crippen molar-refractivity contribution < 1.29 is 13.9 Å². The van der Waals surface area contributed by atoms with Gasteiger partial charge in [0.05, 0.1) is 17.5 Å². The number of nitrogens with zero attached hydrogens (tertiary/aromatic N) is 3. The molecule has 0 unspecified atom stereocenters. The van der Waals surface area contributed by atoms with E-state index in [1.807, 2.05) is 30.3 Å². The predicted octanol–water partition coefficient (Wildman–Crippen LogP) is 5.15. The fourth-order valence-electron chi connectivity index (χ4n) is 2.80. The second kappa shape index (κ2) is 8.28. The molecule has 1 heterocycles. The fourth-order valence-corrected chi connectivity index (χ4v) is 2.98. The maximum Gasteiger partial charge on any atom is 0.164 e. The van der Waals surface area contributed by atoms with E-state index in [0.717, 1.165) is 5.56 Å². The van der Waals surface area contributed by atoms with Gasteiger partial charge in [-0.3, -0.25) is 0 Å². The van der Waals surface area contributed by atoms with Crippen LogP contribution in [0.3, 0.4) is 0 Å². The molecule has 8 heteroatoms. The summed E-state index contributed by atoms with van der Waals surface area (Å²) in [5.74, 6) is 1.01. The van der Waals surface area contributed by atoms with Crippen LogP contribution in [0, 0.1) is 5.82 Å². The first-order chi connectivity index (χ1) is 14.1. The zero-order chi connectivity index (χ0) is 20.2. The summed E-state index contributed by atoms with van der Waals surface area (Å²) in [6.07, 6.45) is 0. The van der Waals surface area contributed by atoms with Crippen molar-refractivity contribution in [2.45, 2.75) is 6.61 Å². The molecule has 0 bridgehead atoms. The lowest BCUT2D eigenvalue weighted by molar-refractivity contribution is 0.285. The minimum absolute atomic E-state index is 0.00972. The van der Waals surface area contributed by atoms with Gasteiger partial charge in [-0.2, -0.15) is 0 Å². The molecule has 0 amide bonds. The van der Waals surface area contributed by atoms with Gasteiger partial charge in [-0.05, 0) is 35.0 Å². The van der Waals surface area contributed by atoms with Gasteiger partial charge >= 0.3 is 0 Å². The van der Waals surface area contributed by atoms with Gasteiger partial charge in [0, 0.05) is 11.8 Å². The number of benzene rings is 3. The van der Waals surface area contributed by atoms with Crippen LogP contribution in [-0.4, -0.2) is 22.5 Å². The molecule has 0 fully saturated rings. The number of aromatic nitrogens is 3.